The number of esters is 1. The molecule has 1 rings (SSSR count). The lowest BCUT2D eigenvalue weighted by atomic mass is 10.3. The number of rotatable bonds is 5. The van der Waals surface area contributed by atoms with Crippen LogP contribution in [-0.4, -0.2) is 37.7 Å². The lowest BCUT2D eigenvalue weighted by Gasteiger charge is -2.13. The molecule has 0 saturated carbocycles. The molecule has 1 aromatic carbocycles. The van der Waals surface area contributed by atoms with E-state index in [1.165, 1.54) is 38.2 Å². The van der Waals surface area contributed by atoms with Gasteiger partial charge in [-0.15, -0.1) is 0 Å². The van der Waals surface area contributed by atoms with Crippen LogP contribution in [0, 0.1) is 5.82 Å². The SMILES string of the molecule is CNC(=O)NC(=O)COC(=O)[C@@H](C)Oc1ccc(F)cc1. The topological polar surface area (TPSA) is 93.7 Å². The Bertz CT molecular complexity index is 518. The number of urea groups is 1. The Balaban J connectivity index is 2.39. The molecule has 0 aromatic heterocycles. The maximum Gasteiger partial charge on any atom is 0.347 e. The number of amides is 3. The van der Waals surface area contributed by atoms with Gasteiger partial charge >= 0.3 is 12.0 Å². The van der Waals surface area contributed by atoms with Gasteiger partial charge in [-0.05, 0) is 31.2 Å². The lowest BCUT2D eigenvalue weighted by molar-refractivity contribution is -0.154. The Labute approximate surface area is 120 Å². The summed E-state index contributed by atoms with van der Waals surface area (Å²) in [4.78, 5) is 33.6. The molecule has 2 N–H and O–H groups in total. The third kappa shape index (κ3) is 5.89. The van der Waals surface area contributed by atoms with Crippen molar-refractivity contribution in [2.24, 2.45) is 0 Å². The number of carbonyl (C=O) groups is 3. The Hall–Kier alpha value is -2.64. The second kappa shape index (κ2) is 7.83. The van der Waals surface area contributed by atoms with Crippen LogP contribution in [0.5, 0.6) is 5.75 Å². The molecule has 0 aliphatic heterocycles. The molecule has 0 radical (unpaired) electrons. The van der Waals surface area contributed by atoms with Crippen molar-refractivity contribution in [3.63, 3.8) is 0 Å². The van der Waals surface area contributed by atoms with Gasteiger partial charge in [-0.3, -0.25) is 10.1 Å². The highest BCUT2D eigenvalue weighted by atomic mass is 19.1. The molecule has 7 nitrogen and oxygen atoms in total. The first-order chi connectivity index (χ1) is 9.92. The molecule has 0 fully saturated rings. The van der Waals surface area contributed by atoms with E-state index in [0.717, 1.165) is 0 Å². The van der Waals surface area contributed by atoms with Crippen molar-refractivity contribution in [1.29, 1.82) is 0 Å². The highest BCUT2D eigenvalue weighted by Gasteiger charge is 2.18. The molecule has 1 atom stereocenters. The predicted molar refractivity (Wildman–Crippen MR) is 70.0 cm³/mol. The van der Waals surface area contributed by atoms with E-state index < -0.39 is 36.4 Å². The number of imide groups is 1. The minimum absolute atomic E-state index is 0.288. The maximum absolute atomic E-state index is 12.7. The molecule has 8 heteroatoms. The summed E-state index contributed by atoms with van der Waals surface area (Å²) in [7, 11) is 1.34. The summed E-state index contributed by atoms with van der Waals surface area (Å²) in [6.07, 6.45) is -0.983. The third-order valence-electron chi connectivity index (χ3n) is 2.28. The van der Waals surface area contributed by atoms with Crippen molar-refractivity contribution in [2.45, 2.75) is 13.0 Å². The summed E-state index contributed by atoms with van der Waals surface area (Å²) >= 11 is 0. The largest absolute Gasteiger partial charge is 0.479 e. The molecule has 0 unspecified atom stereocenters. The zero-order chi connectivity index (χ0) is 15.8. The lowest BCUT2D eigenvalue weighted by Crippen LogP contribution is -2.40. The quantitative estimate of drug-likeness (QED) is 0.776. The number of hydrogen-bond acceptors (Lipinski definition) is 5. The Morgan fingerprint density at radius 3 is 2.43 bits per heavy atom. The van der Waals surface area contributed by atoms with Crippen LogP contribution in [0.15, 0.2) is 24.3 Å². The number of hydrogen-bond donors (Lipinski definition) is 2. The first-order valence-electron chi connectivity index (χ1n) is 6.02. The van der Waals surface area contributed by atoms with Crippen LogP contribution < -0.4 is 15.4 Å². The van der Waals surface area contributed by atoms with Crippen molar-refractivity contribution < 1.29 is 28.2 Å². The number of ether oxygens (including phenoxy) is 2. The van der Waals surface area contributed by atoms with E-state index in [9.17, 15) is 18.8 Å². The van der Waals surface area contributed by atoms with Crippen LogP contribution in [0.3, 0.4) is 0 Å². The van der Waals surface area contributed by atoms with Crippen LogP contribution in [-0.2, 0) is 14.3 Å². The molecule has 0 aliphatic carbocycles. The Morgan fingerprint density at radius 1 is 1.24 bits per heavy atom. The minimum atomic E-state index is -0.983. The van der Waals surface area contributed by atoms with Gasteiger partial charge in [-0.1, -0.05) is 0 Å². The standard InChI is InChI=1S/C13H15FN2O5/c1-8(21-10-5-3-9(14)4-6-10)12(18)20-7-11(17)16-13(19)15-2/h3-6,8H,7H2,1-2H3,(H2,15,16,17,19)/t8-/m1/s1. The van der Waals surface area contributed by atoms with Gasteiger partial charge in [0.05, 0.1) is 0 Å². The van der Waals surface area contributed by atoms with Gasteiger partial charge in [0.2, 0.25) is 0 Å². The van der Waals surface area contributed by atoms with Crippen molar-refractivity contribution in [2.75, 3.05) is 13.7 Å². The van der Waals surface area contributed by atoms with Gasteiger partial charge < -0.3 is 14.8 Å². The van der Waals surface area contributed by atoms with Crippen LogP contribution in [0.25, 0.3) is 0 Å². The maximum atomic E-state index is 12.7. The van der Waals surface area contributed by atoms with Crippen molar-refractivity contribution in [1.82, 2.24) is 10.6 Å². The van der Waals surface area contributed by atoms with Gasteiger partial charge in [-0.25, -0.2) is 14.0 Å². The predicted octanol–water partition coefficient (Wildman–Crippen LogP) is 0.592. The van der Waals surface area contributed by atoms with Crippen LogP contribution in [0.2, 0.25) is 0 Å². The van der Waals surface area contributed by atoms with Gasteiger partial charge in [0.15, 0.2) is 12.7 Å². The van der Waals surface area contributed by atoms with Gasteiger partial charge in [-0.2, -0.15) is 0 Å². The van der Waals surface area contributed by atoms with Crippen molar-refractivity contribution in [3.05, 3.63) is 30.1 Å². The summed E-state index contributed by atoms with van der Waals surface area (Å²) in [5.41, 5.74) is 0. The third-order valence-corrected chi connectivity index (χ3v) is 2.28. The molecule has 3 amide bonds. The van der Waals surface area contributed by atoms with E-state index >= 15 is 0 Å². The molecule has 0 bridgehead atoms. The van der Waals surface area contributed by atoms with E-state index in [-0.39, 0.29) is 5.75 Å². The second-order valence-electron chi connectivity index (χ2n) is 3.95. The fourth-order valence-corrected chi connectivity index (χ4v) is 1.24. The van der Waals surface area contributed by atoms with E-state index in [4.69, 9.17) is 4.74 Å². The fraction of sp³-hybridized carbons (Fsp3) is 0.308. The van der Waals surface area contributed by atoms with Crippen LogP contribution in [0.1, 0.15) is 6.92 Å². The van der Waals surface area contributed by atoms with Crippen LogP contribution >= 0.6 is 0 Å². The smallest absolute Gasteiger partial charge is 0.347 e. The Kier molecular flexibility index (Phi) is 6.12. The summed E-state index contributed by atoms with van der Waals surface area (Å²) in [5, 5.41) is 4.11. The average Bonchev–Trinajstić information content (AvgIpc) is 2.46. The molecule has 0 spiro atoms. The summed E-state index contributed by atoms with van der Waals surface area (Å²) in [6.45, 7) is 0.811. The van der Waals surface area contributed by atoms with Gasteiger partial charge in [0.1, 0.15) is 11.6 Å². The van der Waals surface area contributed by atoms with E-state index in [2.05, 4.69) is 10.1 Å². The molecule has 0 saturated heterocycles. The van der Waals surface area contributed by atoms with Gasteiger partial charge in [0.25, 0.3) is 5.91 Å². The highest BCUT2D eigenvalue weighted by Crippen LogP contribution is 2.13. The molecule has 21 heavy (non-hydrogen) atoms. The highest BCUT2D eigenvalue weighted by molar-refractivity contribution is 5.95. The summed E-state index contributed by atoms with van der Waals surface area (Å²) in [6, 6.07) is 4.38. The molecular formula is C13H15FN2O5. The van der Waals surface area contributed by atoms with Gasteiger partial charge in [0, 0.05) is 7.05 Å². The summed E-state index contributed by atoms with van der Waals surface area (Å²) in [5.74, 6) is -1.69. The monoisotopic (exact) mass is 298 g/mol. The van der Waals surface area contributed by atoms with Crippen molar-refractivity contribution in [3.8, 4) is 5.75 Å². The minimum Gasteiger partial charge on any atom is -0.479 e. The average molecular weight is 298 g/mol. The second-order valence-corrected chi connectivity index (χ2v) is 3.95. The Morgan fingerprint density at radius 2 is 1.86 bits per heavy atom. The zero-order valence-electron chi connectivity index (χ0n) is 11.5. The molecule has 0 heterocycles. The van der Waals surface area contributed by atoms with E-state index in [0.29, 0.717) is 0 Å². The number of carbonyl (C=O) groups excluding carboxylic acids is 3. The molecule has 1 aromatic rings. The van der Waals surface area contributed by atoms with E-state index in [1.807, 2.05) is 5.32 Å². The normalized spacial score (nSPS) is 11.2. The zero-order valence-corrected chi connectivity index (χ0v) is 11.5. The first kappa shape index (κ1) is 16.4. The number of benzene rings is 1. The van der Waals surface area contributed by atoms with E-state index in [1.54, 1.807) is 0 Å². The number of nitrogens with one attached hydrogen (secondary N) is 2. The fourth-order valence-electron chi connectivity index (χ4n) is 1.24. The molecular weight excluding hydrogens is 283 g/mol. The number of halogens is 1. The molecule has 0 aliphatic rings. The van der Waals surface area contributed by atoms with Crippen LogP contribution in [0.4, 0.5) is 9.18 Å². The first-order valence-corrected chi connectivity index (χ1v) is 6.02. The molecule has 114 valence electrons. The van der Waals surface area contributed by atoms with Crippen molar-refractivity contribution >= 4 is 17.9 Å². The summed E-state index contributed by atoms with van der Waals surface area (Å²) < 4.78 is 22.6.